The highest BCUT2D eigenvalue weighted by molar-refractivity contribution is 5.60. The summed E-state index contributed by atoms with van der Waals surface area (Å²) in [4.78, 5) is 2.17. The van der Waals surface area contributed by atoms with Gasteiger partial charge in [0, 0.05) is 24.2 Å². The van der Waals surface area contributed by atoms with E-state index in [-0.39, 0.29) is 11.8 Å². The molecule has 2 aromatic heterocycles. The van der Waals surface area contributed by atoms with Gasteiger partial charge < -0.3 is 19.3 Å². The molecule has 1 atom stereocenters. The number of rotatable bonds is 2. The minimum atomic E-state index is -0.350. The quantitative estimate of drug-likeness (QED) is 0.877. The summed E-state index contributed by atoms with van der Waals surface area (Å²) in [7, 11) is 2.03. The third-order valence-electron chi connectivity index (χ3n) is 4.82. The molecular weight excluding hydrogens is 342 g/mol. The highest BCUT2D eigenvalue weighted by atomic mass is 16.5. The van der Waals surface area contributed by atoms with Gasteiger partial charge in [0.15, 0.2) is 0 Å². The molecule has 0 amide bonds. The Hall–Kier alpha value is -3.17. The minimum absolute atomic E-state index is 0.126. The fourth-order valence-electron chi connectivity index (χ4n) is 3.68. The van der Waals surface area contributed by atoms with E-state index in [4.69, 9.17) is 19.3 Å². The van der Waals surface area contributed by atoms with E-state index in [9.17, 15) is 5.26 Å². The molecule has 138 valence electrons. The van der Waals surface area contributed by atoms with E-state index in [1.54, 1.807) is 0 Å². The molecule has 2 aliphatic heterocycles. The number of furan rings is 2. The fraction of sp³-hybridized carbons (Fsp3) is 0.286. The number of nitrogens with two attached hydrogens (primary N) is 1. The van der Waals surface area contributed by atoms with E-state index in [2.05, 4.69) is 11.0 Å². The van der Waals surface area contributed by atoms with Gasteiger partial charge in [-0.15, -0.1) is 0 Å². The van der Waals surface area contributed by atoms with Crippen molar-refractivity contribution in [1.82, 2.24) is 4.90 Å². The van der Waals surface area contributed by atoms with Crippen LogP contribution in [0.2, 0.25) is 0 Å². The van der Waals surface area contributed by atoms with Crippen molar-refractivity contribution in [3.8, 4) is 6.07 Å². The molecule has 2 aliphatic rings. The molecule has 2 N–H and O–H groups in total. The Bertz CT molecular complexity index is 1030. The van der Waals surface area contributed by atoms with Crippen LogP contribution < -0.4 is 5.73 Å². The summed E-state index contributed by atoms with van der Waals surface area (Å²) in [5.74, 6) is 3.58. The maximum Gasteiger partial charge on any atom is 0.205 e. The van der Waals surface area contributed by atoms with Crippen LogP contribution in [0, 0.1) is 25.2 Å². The predicted octanol–water partition coefficient (Wildman–Crippen LogP) is 3.58. The highest BCUT2D eigenvalue weighted by Crippen LogP contribution is 2.43. The summed E-state index contributed by atoms with van der Waals surface area (Å²) >= 11 is 0. The zero-order valence-electron chi connectivity index (χ0n) is 15.6. The molecule has 4 heterocycles. The average molecular weight is 363 g/mol. The van der Waals surface area contributed by atoms with Crippen molar-refractivity contribution in [3.05, 3.63) is 75.7 Å². The van der Waals surface area contributed by atoms with E-state index in [1.807, 2.05) is 51.2 Å². The van der Waals surface area contributed by atoms with Crippen LogP contribution in [0.4, 0.5) is 0 Å². The number of hydrogen-bond acceptors (Lipinski definition) is 6. The van der Waals surface area contributed by atoms with Crippen molar-refractivity contribution in [1.29, 1.82) is 5.26 Å². The Morgan fingerprint density at radius 2 is 1.89 bits per heavy atom. The first-order valence-electron chi connectivity index (χ1n) is 8.79. The molecule has 0 aliphatic carbocycles. The van der Waals surface area contributed by atoms with E-state index in [0.717, 1.165) is 28.4 Å². The van der Waals surface area contributed by atoms with Crippen LogP contribution >= 0.6 is 0 Å². The number of nitriles is 1. The number of nitrogens with zero attached hydrogens (tertiary/aromatic N) is 2. The predicted molar refractivity (Wildman–Crippen MR) is 100 cm³/mol. The molecule has 4 rings (SSSR count). The number of aryl methyl sites for hydroxylation is 2. The van der Waals surface area contributed by atoms with Gasteiger partial charge in [0.2, 0.25) is 5.88 Å². The monoisotopic (exact) mass is 363 g/mol. The summed E-state index contributed by atoms with van der Waals surface area (Å²) in [5, 5.41) is 9.68. The molecule has 0 bridgehead atoms. The lowest BCUT2D eigenvalue weighted by atomic mass is 9.83. The van der Waals surface area contributed by atoms with Crippen LogP contribution in [0.3, 0.4) is 0 Å². The zero-order valence-corrected chi connectivity index (χ0v) is 15.6. The fourth-order valence-corrected chi connectivity index (χ4v) is 3.68. The molecule has 0 fully saturated rings. The number of likely N-dealkylation sites (N-methyl/N-ethyl adjacent to an activating group) is 1. The topological polar surface area (TPSA) is 88.6 Å². The van der Waals surface area contributed by atoms with Crippen LogP contribution in [0.15, 0.2) is 61.5 Å². The SMILES string of the molecule is Cc1ccc(/C=C2\CN(C)CC3=C2OC(N)=C(C#N)C3c2ccc(C)o2)o1. The standard InChI is InChI=1S/C21H21N3O3/c1-12-4-6-15(25-12)8-14-10-24(3)11-17-19(18-7-5-13(2)26-18)16(9-22)21(23)27-20(14)17/h4-8,19H,10-11,23H2,1-3H3/b14-8+. The Balaban J connectivity index is 1.86. The van der Waals surface area contributed by atoms with E-state index in [1.165, 1.54) is 0 Å². The largest absolute Gasteiger partial charge is 0.465 e. The smallest absolute Gasteiger partial charge is 0.205 e. The third kappa shape index (κ3) is 3.07. The first-order chi connectivity index (χ1) is 13.0. The Labute approximate surface area is 157 Å². The van der Waals surface area contributed by atoms with Gasteiger partial charge in [-0.2, -0.15) is 5.26 Å². The molecule has 0 spiro atoms. The Morgan fingerprint density at radius 1 is 1.15 bits per heavy atom. The van der Waals surface area contributed by atoms with Gasteiger partial charge in [-0.25, -0.2) is 0 Å². The minimum Gasteiger partial charge on any atom is -0.465 e. The third-order valence-corrected chi connectivity index (χ3v) is 4.82. The van der Waals surface area contributed by atoms with Crippen molar-refractivity contribution in [3.63, 3.8) is 0 Å². The van der Waals surface area contributed by atoms with Crippen LogP contribution in [0.5, 0.6) is 0 Å². The number of hydrogen-bond donors (Lipinski definition) is 1. The van der Waals surface area contributed by atoms with Crippen molar-refractivity contribution in [2.45, 2.75) is 19.8 Å². The summed E-state index contributed by atoms with van der Waals surface area (Å²) < 4.78 is 17.5. The Kier molecular flexibility index (Phi) is 4.17. The Morgan fingerprint density at radius 3 is 2.52 bits per heavy atom. The molecule has 0 aromatic carbocycles. The second-order valence-electron chi connectivity index (χ2n) is 7.02. The molecule has 0 saturated heterocycles. The van der Waals surface area contributed by atoms with E-state index < -0.39 is 0 Å². The molecule has 2 aromatic rings. The number of ether oxygens (including phenoxy) is 1. The molecule has 0 saturated carbocycles. The molecule has 6 heteroatoms. The van der Waals surface area contributed by atoms with Gasteiger partial charge >= 0.3 is 0 Å². The van der Waals surface area contributed by atoms with Gasteiger partial charge in [-0.05, 0) is 51.2 Å². The summed E-state index contributed by atoms with van der Waals surface area (Å²) in [6, 6.07) is 9.84. The molecule has 27 heavy (non-hydrogen) atoms. The van der Waals surface area contributed by atoms with E-state index in [0.29, 0.717) is 30.2 Å². The van der Waals surface area contributed by atoms with Crippen LogP contribution in [0.1, 0.15) is 29.0 Å². The van der Waals surface area contributed by atoms with Crippen molar-refractivity contribution in [2.75, 3.05) is 20.1 Å². The first kappa shape index (κ1) is 17.3. The van der Waals surface area contributed by atoms with Gasteiger partial charge in [0.1, 0.15) is 40.4 Å². The summed E-state index contributed by atoms with van der Waals surface area (Å²) in [6.07, 6.45) is 1.97. The van der Waals surface area contributed by atoms with Gasteiger partial charge in [0.05, 0.1) is 5.92 Å². The highest BCUT2D eigenvalue weighted by Gasteiger charge is 2.38. The molecule has 1 unspecified atom stereocenters. The maximum atomic E-state index is 9.68. The molecular formula is C21H21N3O3. The first-order valence-corrected chi connectivity index (χ1v) is 8.79. The lowest BCUT2D eigenvalue weighted by Gasteiger charge is -2.35. The average Bonchev–Trinajstić information content (AvgIpc) is 3.22. The van der Waals surface area contributed by atoms with Crippen LogP contribution in [-0.2, 0) is 4.74 Å². The van der Waals surface area contributed by atoms with Gasteiger partial charge in [-0.3, -0.25) is 4.90 Å². The molecule has 0 radical (unpaired) electrons. The second kappa shape index (κ2) is 6.53. The lowest BCUT2D eigenvalue weighted by Crippen LogP contribution is -2.35. The van der Waals surface area contributed by atoms with Gasteiger partial charge in [-0.1, -0.05) is 0 Å². The van der Waals surface area contributed by atoms with Crippen molar-refractivity contribution in [2.24, 2.45) is 5.73 Å². The second-order valence-corrected chi connectivity index (χ2v) is 7.02. The van der Waals surface area contributed by atoms with E-state index >= 15 is 0 Å². The molecule has 6 nitrogen and oxygen atoms in total. The lowest BCUT2D eigenvalue weighted by molar-refractivity contribution is 0.247. The maximum absolute atomic E-state index is 9.68. The summed E-state index contributed by atoms with van der Waals surface area (Å²) in [6.45, 7) is 5.14. The number of allylic oxidation sites excluding steroid dienone is 1. The zero-order chi connectivity index (χ0) is 19.1. The van der Waals surface area contributed by atoms with Gasteiger partial charge in [0.25, 0.3) is 0 Å². The normalized spacial score (nSPS) is 22.0. The van der Waals surface area contributed by atoms with Crippen LogP contribution in [-0.4, -0.2) is 25.0 Å². The van der Waals surface area contributed by atoms with Crippen molar-refractivity contribution < 1.29 is 13.6 Å². The van der Waals surface area contributed by atoms with Crippen molar-refractivity contribution >= 4 is 6.08 Å². The van der Waals surface area contributed by atoms with Crippen LogP contribution in [0.25, 0.3) is 6.08 Å². The summed E-state index contributed by atoms with van der Waals surface area (Å²) in [5.41, 5.74) is 8.43.